The van der Waals surface area contributed by atoms with E-state index < -0.39 is 36.1 Å². The summed E-state index contributed by atoms with van der Waals surface area (Å²) in [4.78, 5) is 35.7. The van der Waals surface area contributed by atoms with Gasteiger partial charge in [0.1, 0.15) is 18.3 Å². The van der Waals surface area contributed by atoms with Crippen LogP contribution in [-0.4, -0.2) is 44.0 Å². The lowest BCUT2D eigenvalue weighted by Crippen LogP contribution is -2.42. The predicted molar refractivity (Wildman–Crippen MR) is 99.1 cm³/mol. The molecule has 0 saturated heterocycles. The fourth-order valence-corrected chi connectivity index (χ4v) is 2.30. The first kappa shape index (κ1) is 22.1. The Morgan fingerprint density at radius 3 is 2.63 bits per heavy atom. The van der Waals surface area contributed by atoms with Gasteiger partial charge in [-0.3, -0.25) is 9.59 Å². The van der Waals surface area contributed by atoms with Crippen molar-refractivity contribution in [2.24, 2.45) is 0 Å². The molecule has 2 amide bonds. The molecule has 1 atom stereocenters. The van der Waals surface area contributed by atoms with Crippen LogP contribution >= 0.6 is 0 Å². The molecule has 0 aliphatic carbocycles. The second-order valence-electron chi connectivity index (χ2n) is 5.72. The molecule has 0 saturated carbocycles. The number of nitrogens with one attached hydrogen (secondary N) is 3. The largest absolute Gasteiger partial charge is 0.467 e. The highest BCUT2D eigenvalue weighted by Gasteiger charge is 2.22. The summed E-state index contributed by atoms with van der Waals surface area (Å²) < 4.78 is 18.2. The number of terminal acetylenes is 1. The zero-order chi connectivity index (χ0) is 20.1. The number of para-hydroxylation sites is 1. The highest BCUT2D eigenvalue weighted by molar-refractivity contribution is 6.04. The maximum absolute atomic E-state index is 13.5. The zero-order valence-corrected chi connectivity index (χ0v) is 15.2. The molecule has 0 aliphatic rings. The quantitative estimate of drug-likeness (QED) is 0.233. The average molecular weight is 377 g/mol. The van der Waals surface area contributed by atoms with E-state index in [0.717, 1.165) is 6.42 Å². The summed E-state index contributed by atoms with van der Waals surface area (Å²) in [5, 5.41) is 7.82. The maximum atomic E-state index is 13.5. The van der Waals surface area contributed by atoms with Crippen LogP contribution in [0.3, 0.4) is 0 Å². The summed E-state index contributed by atoms with van der Waals surface area (Å²) in [5.74, 6) is -0.0614. The number of hydrogen-bond acceptors (Lipinski definition) is 5. The number of anilines is 1. The lowest BCUT2D eigenvalue weighted by atomic mass is 10.1. The molecule has 27 heavy (non-hydrogen) atoms. The highest BCUT2D eigenvalue weighted by atomic mass is 19.1. The molecule has 1 aromatic carbocycles. The minimum atomic E-state index is -0.851. The smallest absolute Gasteiger partial charge is 0.328 e. The number of esters is 1. The lowest BCUT2D eigenvalue weighted by molar-refractivity contribution is -0.145. The fraction of sp³-hybridized carbons (Fsp3) is 0.421. The molecule has 0 aliphatic heterocycles. The molecule has 7 nitrogen and oxygen atoms in total. The first-order valence-corrected chi connectivity index (χ1v) is 8.53. The SMILES string of the molecule is C#CCNCCCCC(NC(=O)CC(=O)Nc1ccccc1F)C(=O)OC. The molecule has 146 valence electrons. The van der Waals surface area contributed by atoms with Gasteiger partial charge in [-0.05, 0) is 37.9 Å². The number of hydrogen-bond donors (Lipinski definition) is 3. The van der Waals surface area contributed by atoms with Crippen LogP contribution in [0.5, 0.6) is 0 Å². The Balaban J connectivity index is 2.46. The summed E-state index contributed by atoms with van der Waals surface area (Å²) in [6, 6.07) is 4.78. The van der Waals surface area contributed by atoms with Gasteiger partial charge in [-0.1, -0.05) is 18.1 Å². The molecule has 1 rings (SSSR count). The average Bonchev–Trinajstić information content (AvgIpc) is 2.64. The van der Waals surface area contributed by atoms with Crippen molar-refractivity contribution in [1.29, 1.82) is 0 Å². The Morgan fingerprint density at radius 1 is 1.22 bits per heavy atom. The number of halogens is 1. The Kier molecular flexibility index (Phi) is 10.2. The molecule has 8 heteroatoms. The van der Waals surface area contributed by atoms with E-state index in [1.807, 2.05) is 0 Å². The molecule has 0 bridgehead atoms. The second kappa shape index (κ2) is 12.4. The Labute approximate surface area is 158 Å². The summed E-state index contributed by atoms with van der Waals surface area (Å²) in [6.07, 6.45) is 6.37. The number of benzene rings is 1. The molecular weight excluding hydrogens is 353 g/mol. The van der Waals surface area contributed by atoms with Crippen LogP contribution in [0, 0.1) is 18.2 Å². The van der Waals surface area contributed by atoms with Crippen molar-refractivity contribution in [1.82, 2.24) is 10.6 Å². The van der Waals surface area contributed by atoms with E-state index in [4.69, 9.17) is 6.42 Å². The van der Waals surface area contributed by atoms with Crippen molar-refractivity contribution in [2.45, 2.75) is 31.7 Å². The van der Waals surface area contributed by atoms with Crippen LogP contribution in [0.4, 0.5) is 10.1 Å². The monoisotopic (exact) mass is 377 g/mol. The predicted octanol–water partition coefficient (Wildman–Crippen LogP) is 1.21. The van der Waals surface area contributed by atoms with Gasteiger partial charge >= 0.3 is 5.97 Å². The van der Waals surface area contributed by atoms with Crippen LogP contribution in [0.1, 0.15) is 25.7 Å². The topological polar surface area (TPSA) is 96.5 Å². The van der Waals surface area contributed by atoms with Crippen molar-refractivity contribution in [3.05, 3.63) is 30.1 Å². The summed E-state index contributed by atoms with van der Waals surface area (Å²) >= 11 is 0. The van der Waals surface area contributed by atoms with Gasteiger partial charge in [0.05, 0.1) is 19.3 Å². The van der Waals surface area contributed by atoms with Gasteiger partial charge in [-0.2, -0.15) is 0 Å². The van der Waals surface area contributed by atoms with Crippen molar-refractivity contribution >= 4 is 23.5 Å². The van der Waals surface area contributed by atoms with Gasteiger partial charge in [0.15, 0.2) is 0 Å². The Morgan fingerprint density at radius 2 is 1.96 bits per heavy atom. The second-order valence-corrected chi connectivity index (χ2v) is 5.72. The molecule has 0 aromatic heterocycles. The van der Waals surface area contributed by atoms with Crippen LogP contribution in [0.2, 0.25) is 0 Å². The number of carbonyl (C=O) groups excluding carboxylic acids is 3. The van der Waals surface area contributed by atoms with Crippen LogP contribution in [-0.2, 0) is 19.1 Å². The lowest BCUT2D eigenvalue weighted by Gasteiger charge is -2.16. The Hall–Kier alpha value is -2.92. The van der Waals surface area contributed by atoms with E-state index in [9.17, 15) is 18.8 Å². The zero-order valence-electron chi connectivity index (χ0n) is 15.2. The van der Waals surface area contributed by atoms with Gasteiger partial charge in [-0.15, -0.1) is 6.42 Å². The van der Waals surface area contributed by atoms with E-state index in [-0.39, 0.29) is 5.69 Å². The first-order valence-electron chi connectivity index (χ1n) is 8.53. The highest BCUT2D eigenvalue weighted by Crippen LogP contribution is 2.12. The summed E-state index contributed by atoms with van der Waals surface area (Å²) in [7, 11) is 1.22. The van der Waals surface area contributed by atoms with Crippen LogP contribution in [0.15, 0.2) is 24.3 Å². The van der Waals surface area contributed by atoms with E-state index in [0.29, 0.717) is 25.9 Å². The summed E-state index contributed by atoms with van der Waals surface area (Å²) in [5.41, 5.74) is -0.0145. The van der Waals surface area contributed by atoms with Gasteiger partial charge in [0.2, 0.25) is 11.8 Å². The minimum Gasteiger partial charge on any atom is -0.467 e. The third-order valence-electron chi connectivity index (χ3n) is 3.61. The fourth-order valence-electron chi connectivity index (χ4n) is 2.30. The molecular formula is C19H24FN3O4. The first-order chi connectivity index (χ1) is 13.0. The molecule has 1 aromatic rings. The molecule has 0 radical (unpaired) electrons. The molecule has 0 heterocycles. The molecule has 1 unspecified atom stereocenters. The van der Waals surface area contributed by atoms with E-state index in [1.54, 1.807) is 6.07 Å². The molecule has 0 fully saturated rings. The third-order valence-corrected chi connectivity index (χ3v) is 3.61. The maximum Gasteiger partial charge on any atom is 0.328 e. The number of amides is 2. The van der Waals surface area contributed by atoms with E-state index in [2.05, 4.69) is 26.6 Å². The van der Waals surface area contributed by atoms with Crippen molar-refractivity contribution in [2.75, 3.05) is 25.5 Å². The van der Waals surface area contributed by atoms with Gasteiger partial charge in [-0.25, -0.2) is 9.18 Å². The van der Waals surface area contributed by atoms with E-state index >= 15 is 0 Å². The van der Waals surface area contributed by atoms with E-state index in [1.165, 1.54) is 25.3 Å². The standard InChI is InChI=1S/C19H24FN3O4/c1-3-11-21-12-7-6-10-16(19(26)27-2)23-18(25)13-17(24)22-15-9-5-4-8-14(15)20/h1,4-5,8-9,16,21H,6-7,10-13H2,2H3,(H,22,24)(H,23,25). The number of methoxy groups -OCH3 is 1. The van der Waals surface area contributed by atoms with Crippen LogP contribution in [0.25, 0.3) is 0 Å². The number of unbranched alkanes of at least 4 members (excludes halogenated alkanes) is 1. The third kappa shape index (κ3) is 8.83. The van der Waals surface area contributed by atoms with Crippen molar-refractivity contribution in [3.63, 3.8) is 0 Å². The summed E-state index contributed by atoms with van der Waals surface area (Å²) in [6.45, 7) is 1.16. The molecule has 0 spiro atoms. The van der Waals surface area contributed by atoms with Crippen molar-refractivity contribution < 1.29 is 23.5 Å². The van der Waals surface area contributed by atoms with Gasteiger partial charge in [0.25, 0.3) is 0 Å². The van der Waals surface area contributed by atoms with Crippen LogP contribution < -0.4 is 16.0 Å². The van der Waals surface area contributed by atoms with Crippen molar-refractivity contribution in [3.8, 4) is 12.3 Å². The van der Waals surface area contributed by atoms with Gasteiger partial charge in [0, 0.05) is 0 Å². The normalized spacial score (nSPS) is 11.1. The minimum absolute atomic E-state index is 0.0145. The number of carbonyl (C=O) groups is 3. The number of rotatable bonds is 11. The Bertz CT molecular complexity index is 688. The molecule has 3 N–H and O–H groups in total. The van der Waals surface area contributed by atoms with Gasteiger partial charge < -0.3 is 20.7 Å². The number of ether oxygens (including phenoxy) is 1.